The van der Waals surface area contributed by atoms with Gasteiger partial charge >= 0.3 is 0 Å². The molecule has 4 atom stereocenters. The van der Waals surface area contributed by atoms with Crippen molar-refractivity contribution >= 4 is 52.7 Å². The topological polar surface area (TPSA) is 86.9 Å². The Balaban J connectivity index is 0.00000245. The van der Waals surface area contributed by atoms with Gasteiger partial charge in [0, 0.05) is 38.0 Å². The van der Waals surface area contributed by atoms with Gasteiger partial charge in [-0.15, -0.1) is 24.0 Å². The predicted octanol–water partition coefficient (Wildman–Crippen LogP) is 2.96. The molecule has 8 heteroatoms. The molecule has 2 aliphatic carbocycles. The van der Waals surface area contributed by atoms with E-state index >= 15 is 0 Å². The molecule has 2 aromatic rings. The summed E-state index contributed by atoms with van der Waals surface area (Å²) in [6.07, 6.45) is 5.91. The summed E-state index contributed by atoms with van der Waals surface area (Å²) in [7, 11) is 0. The summed E-state index contributed by atoms with van der Waals surface area (Å²) in [5.74, 6) is 1.83. The van der Waals surface area contributed by atoms with Gasteiger partial charge in [0.2, 0.25) is 11.8 Å². The molecule has 2 amide bonds. The van der Waals surface area contributed by atoms with Crippen LogP contribution in [0.1, 0.15) is 19.1 Å². The van der Waals surface area contributed by atoms with Crippen LogP contribution >= 0.6 is 24.0 Å². The van der Waals surface area contributed by atoms with E-state index < -0.39 is 0 Å². The second kappa shape index (κ2) is 9.64. The molecule has 2 bridgehead atoms. The van der Waals surface area contributed by atoms with Crippen molar-refractivity contribution in [3.8, 4) is 0 Å². The number of likely N-dealkylation sites (tertiary alicyclic amines) is 1. The summed E-state index contributed by atoms with van der Waals surface area (Å²) < 4.78 is 5.84. The van der Waals surface area contributed by atoms with E-state index in [4.69, 9.17) is 4.42 Å². The van der Waals surface area contributed by atoms with Crippen LogP contribution in [0.15, 0.2) is 51.9 Å². The van der Waals surface area contributed by atoms with Gasteiger partial charge in [-0.1, -0.05) is 30.4 Å². The Bertz CT molecular complexity index is 999. The first-order valence-corrected chi connectivity index (χ1v) is 11.2. The molecule has 1 aromatic carbocycles. The minimum Gasteiger partial charge on any atom is -0.461 e. The van der Waals surface area contributed by atoms with Gasteiger partial charge in [0.1, 0.15) is 11.3 Å². The van der Waals surface area contributed by atoms with Crippen LogP contribution in [0.3, 0.4) is 0 Å². The first kappa shape index (κ1) is 22.8. The van der Waals surface area contributed by atoms with E-state index in [-0.39, 0.29) is 59.5 Å². The van der Waals surface area contributed by atoms with Crippen LogP contribution in [0, 0.1) is 23.7 Å². The molecule has 1 saturated carbocycles. The number of para-hydroxylation sites is 1. The molecule has 1 aromatic heterocycles. The average Bonchev–Trinajstić information content (AvgIpc) is 3.52. The minimum atomic E-state index is -0.131. The number of carbonyl (C=O) groups excluding carboxylic acids is 2. The molecular weight excluding hydrogens is 519 g/mol. The number of hydrogen-bond acceptors (Lipinski definition) is 4. The van der Waals surface area contributed by atoms with Crippen LogP contribution in [0.4, 0.5) is 0 Å². The van der Waals surface area contributed by atoms with E-state index in [2.05, 4.69) is 33.8 Å². The molecule has 170 valence electrons. The maximum absolute atomic E-state index is 12.8. The first-order chi connectivity index (χ1) is 15.2. The van der Waals surface area contributed by atoms with Crippen molar-refractivity contribution in [1.82, 2.24) is 15.5 Å². The fourth-order valence-corrected chi connectivity index (χ4v) is 5.25. The molecular formula is C24H29IN4O3. The largest absolute Gasteiger partial charge is 0.461 e. The zero-order valence-corrected chi connectivity index (χ0v) is 20.5. The maximum Gasteiger partial charge on any atom is 0.233 e. The maximum atomic E-state index is 12.8. The second-order valence-electron chi connectivity index (χ2n) is 8.52. The van der Waals surface area contributed by atoms with Crippen molar-refractivity contribution in [2.45, 2.75) is 19.8 Å². The number of aliphatic imine (C=N–C) groups is 1. The van der Waals surface area contributed by atoms with Crippen molar-refractivity contribution < 1.29 is 14.0 Å². The number of furan rings is 1. The van der Waals surface area contributed by atoms with Crippen molar-refractivity contribution in [1.29, 1.82) is 0 Å². The molecule has 1 saturated heterocycles. The first-order valence-electron chi connectivity index (χ1n) is 11.2. The standard InChI is InChI=1S/C24H28N4O3.HI/c1-2-25-24(26-10-9-18-14-15-5-3-4-6-19(15)31-18)27-11-12-28-22(29)20-16-7-8-17(13-16)21(20)23(28)30;/h3-8,14,16-17,20-21H,2,9-13H2,1H3,(H2,25,26,27);1H. The molecule has 32 heavy (non-hydrogen) atoms. The van der Waals surface area contributed by atoms with Crippen molar-refractivity contribution in [2.75, 3.05) is 26.2 Å². The number of nitrogens with one attached hydrogen (secondary N) is 2. The van der Waals surface area contributed by atoms with E-state index in [0.717, 1.165) is 29.7 Å². The number of rotatable bonds is 7. The molecule has 7 nitrogen and oxygen atoms in total. The molecule has 0 spiro atoms. The monoisotopic (exact) mass is 548 g/mol. The van der Waals surface area contributed by atoms with Gasteiger partial charge in [-0.3, -0.25) is 19.5 Å². The Morgan fingerprint density at radius 3 is 2.53 bits per heavy atom. The number of allylic oxidation sites excluding steroid dienone is 2. The van der Waals surface area contributed by atoms with Gasteiger partial charge in [-0.25, -0.2) is 0 Å². The molecule has 2 N–H and O–H groups in total. The Morgan fingerprint density at radius 1 is 1.12 bits per heavy atom. The zero-order chi connectivity index (χ0) is 21.4. The number of guanidine groups is 1. The number of hydrogen-bond donors (Lipinski definition) is 2. The zero-order valence-electron chi connectivity index (χ0n) is 18.1. The van der Waals surface area contributed by atoms with E-state index in [1.165, 1.54) is 4.90 Å². The molecule has 4 unspecified atom stereocenters. The van der Waals surface area contributed by atoms with Crippen LogP contribution in [-0.4, -0.2) is 48.9 Å². The number of imide groups is 1. The summed E-state index contributed by atoms with van der Waals surface area (Å²) in [5, 5.41) is 7.57. The summed E-state index contributed by atoms with van der Waals surface area (Å²) in [5.41, 5.74) is 0.889. The summed E-state index contributed by atoms with van der Waals surface area (Å²) in [6.45, 7) is 4.18. The van der Waals surface area contributed by atoms with Gasteiger partial charge in [0.15, 0.2) is 5.96 Å². The number of amides is 2. The Labute approximate surface area is 204 Å². The van der Waals surface area contributed by atoms with Crippen LogP contribution in [-0.2, 0) is 16.0 Å². The summed E-state index contributed by atoms with van der Waals surface area (Å²) in [4.78, 5) is 31.6. The third-order valence-electron chi connectivity index (χ3n) is 6.64. The third kappa shape index (κ3) is 4.16. The molecule has 3 aliphatic rings. The van der Waals surface area contributed by atoms with Crippen molar-refractivity contribution in [3.05, 3.63) is 48.2 Å². The second-order valence-corrected chi connectivity index (χ2v) is 8.52. The van der Waals surface area contributed by atoms with E-state index in [1.54, 1.807) is 0 Å². The number of carbonyl (C=O) groups is 2. The van der Waals surface area contributed by atoms with E-state index in [1.807, 2.05) is 31.2 Å². The van der Waals surface area contributed by atoms with Gasteiger partial charge in [0.05, 0.1) is 11.8 Å². The third-order valence-corrected chi connectivity index (χ3v) is 6.64. The van der Waals surface area contributed by atoms with Crippen LogP contribution in [0.2, 0.25) is 0 Å². The molecule has 5 rings (SSSR count). The molecule has 1 aliphatic heterocycles. The van der Waals surface area contributed by atoms with Crippen LogP contribution < -0.4 is 10.6 Å². The normalized spacial score (nSPS) is 26.0. The molecule has 0 radical (unpaired) electrons. The van der Waals surface area contributed by atoms with Gasteiger partial charge in [-0.05, 0) is 37.3 Å². The average molecular weight is 548 g/mol. The predicted molar refractivity (Wildman–Crippen MR) is 134 cm³/mol. The highest BCUT2D eigenvalue weighted by Gasteiger charge is 2.58. The lowest BCUT2D eigenvalue weighted by molar-refractivity contribution is -0.140. The molecule has 2 fully saturated rings. The number of halogens is 1. The molecule has 2 heterocycles. The highest BCUT2D eigenvalue weighted by atomic mass is 127. The van der Waals surface area contributed by atoms with Gasteiger partial charge < -0.3 is 15.1 Å². The summed E-state index contributed by atoms with van der Waals surface area (Å²) in [6, 6.07) is 10.0. The fourth-order valence-electron chi connectivity index (χ4n) is 5.25. The lowest BCUT2D eigenvalue weighted by Gasteiger charge is -2.18. The Kier molecular flexibility index (Phi) is 6.88. The van der Waals surface area contributed by atoms with Crippen molar-refractivity contribution in [2.24, 2.45) is 28.7 Å². The fraction of sp³-hybridized carbons (Fsp3) is 0.458. The SMILES string of the molecule is CCNC(=NCCc1cc2ccccc2o1)NCCN1C(=O)C2C3C=CC(C3)C2C1=O.I. The van der Waals surface area contributed by atoms with Crippen molar-refractivity contribution in [3.63, 3.8) is 0 Å². The highest BCUT2D eigenvalue weighted by molar-refractivity contribution is 14.0. The van der Waals surface area contributed by atoms with Gasteiger partial charge in [-0.2, -0.15) is 0 Å². The highest BCUT2D eigenvalue weighted by Crippen LogP contribution is 2.52. The Morgan fingerprint density at radius 2 is 1.84 bits per heavy atom. The Hall–Kier alpha value is -2.36. The summed E-state index contributed by atoms with van der Waals surface area (Å²) >= 11 is 0. The van der Waals surface area contributed by atoms with E-state index in [0.29, 0.717) is 32.0 Å². The van der Waals surface area contributed by atoms with Crippen LogP contribution in [0.5, 0.6) is 0 Å². The quantitative estimate of drug-likeness (QED) is 0.183. The lowest BCUT2D eigenvalue weighted by Crippen LogP contribution is -2.43. The van der Waals surface area contributed by atoms with Crippen LogP contribution in [0.25, 0.3) is 11.0 Å². The number of nitrogens with zero attached hydrogens (tertiary/aromatic N) is 2. The lowest BCUT2D eigenvalue weighted by atomic mass is 9.85. The number of benzene rings is 1. The minimum absolute atomic E-state index is 0. The van der Waals surface area contributed by atoms with E-state index in [9.17, 15) is 9.59 Å². The number of fused-ring (bicyclic) bond motifs is 6. The van der Waals surface area contributed by atoms with Gasteiger partial charge in [0.25, 0.3) is 0 Å². The smallest absolute Gasteiger partial charge is 0.233 e.